The van der Waals surface area contributed by atoms with Crippen LogP contribution in [0.4, 0.5) is 0 Å². The molecule has 0 aliphatic carbocycles. The van der Waals surface area contributed by atoms with E-state index < -0.39 is 5.97 Å². The molecule has 140 valence electrons. The number of ether oxygens (including phenoxy) is 1. The Hall–Kier alpha value is -4.10. The third kappa shape index (κ3) is 4.26. The SMILES string of the molecule is O=C(O)c1cc(OCc2ccccc2)c2cccc(C#Cc3ccccc3)c2n1. The summed E-state index contributed by atoms with van der Waals surface area (Å²) in [4.78, 5) is 15.9. The number of benzene rings is 3. The molecule has 0 aliphatic rings. The molecule has 0 saturated heterocycles. The largest absolute Gasteiger partial charge is 0.488 e. The van der Waals surface area contributed by atoms with Gasteiger partial charge in [-0.05, 0) is 29.8 Å². The van der Waals surface area contributed by atoms with Crippen molar-refractivity contribution in [1.82, 2.24) is 4.98 Å². The lowest BCUT2D eigenvalue weighted by atomic mass is 10.1. The molecule has 0 amide bonds. The van der Waals surface area contributed by atoms with Gasteiger partial charge in [-0.15, -0.1) is 0 Å². The molecular weight excluding hydrogens is 362 g/mol. The van der Waals surface area contributed by atoms with Gasteiger partial charge in [0.2, 0.25) is 0 Å². The first kappa shape index (κ1) is 18.3. The van der Waals surface area contributed by atoms with Crippen LogP contribution in [0.1, 0.15) is 27.2 Å². The lowest BCUT2D eigenvalue weighted by Gasteiger charge is -2.11. The predicted octanol–water partition coefficient (Wildman–Crippen LogP) is 4.91. The molecule has 4 rings (SSSR count). The fourth-order valence-electron chi connectivity index (χ4n) is 2.94. The topological polar surface area (TPSA) is 59.4 Å². The minimum Gasteiger partial charge on any atom is -0.488 e. The Bertz CT molecular complexity index is 1220. The molecule has 3 aromatic carbocycles. The minimum atomic E-state index is -1.11. The van der Waals surface area contributed by atoms with Crippen molar-refractivity contribution in [1.29, 1.82) is 0 Å². The van der Waals surface area contributed by atoms with Crippen LogP contribution in [0.3, 0.4) is 0 Å². The standard InChI is InChI=1S/C25H17NO3/c27-25(28)22-16-23(29-17-19-10-5-2-6-11-19)21-13-7-12-20(24(21)26-22)15-14-18-8-3-1-4-9-18/h1-13,16H,17H2,(H,27,28). The van der Waals surface area contributed by atoms with Crippen molar-refractivity contribution in [2.24, 2.45) is 0 Å². The molecule has 4 heteroatoms. The van der Waals surface area contributed by atoms with Crippen LogP contribution < -0.4 is 4.74 Å². The summed E-state index contributed by atoms with van der Waals surface area (Å²) in [6, 6.07) is 26.4. The van der Waals surface area contributed by atoms with Gasteiger partial charge in [-0.25, -0.2) is 9.78 Å². The highest BCUT2D eigenvalue weighted by molar-refractivity contribution is 5.95. The van der Waals surface area contributed by atoms with Crippen molar-refractivity contribution in [2.45, 2.75) is 6.61 Å². The van der Waals surface area contributed by atoms with Gasteiger partial charge in [0, 0.05) is 17.0 Å². The summed E-state index contributed by atoms with van der Waals surface area (Å²) < 4.78 is 5.96. The van der Waals surface area contributed by atoms with E-state index in [0.717, 1.165) is 16.5 Å². The zero-order chi connectivity index (χ0) is 20.1. The molecule has 4 nitrogen and oxygen atoms in total. The fraction of sp³-hybridized carbons (Fsp3) is 0.0400. The van der Waals surface area contributed by atoms with Gasteiger partial charge in [0.25, 0.3) is 0 Å². The average molecular weight is 379 g/mol. The summed E-state index contributed by atoms with van der Waals surface area (Å²) in [6.07, 6.45) is 0. The van der Waals surface area contributed by atoms with Crippen LogP contribution in [0, 0.1) is 11.8 Å². The van der Waals surface area contributed by atoms with E-state index in [4.69, 9.17) is 4.74 Å². The lowest BCUT2D eigenvalue weighted by Crippen LogP contribution is -2.04. The summed E-state index contributed by atoms with van der Waals surface area (Å²) >= 11 is 0. The number of fused-ring (bicyclic) bond motifs is 1. The van der Waals surface area contributed by atoms with Crippen molar-refractivity contribution in [3.05, 3.63) is 107 Å². The first-order valence-corrected chi connectivity index (χ1v) is 9.11. The van der Waals surface area contributed by atoms with Crippen molar-refractivity contribution in [2.75, 3.05) is 0 Å². The number of aromatic nitrogens is 1. The van der Waals surface area contributed by atoms with E-state index in [2.05, 4.69) is 16.8 Å². The highest BCUT2D eigenvalue weighted by Crippen LogP contribution is 2.28. The van der Waals surface area contributed by atoms with Gasteiger partial charge in [0.1, 0.15) is 12.4 Å². The van der Waals surface area contributed by atoms with Crippen LogP contribution in [0.2, 0.25) is 0 Å². The third-order valence-electron chi connectivity index (χ3n) is 4.37. The Morgan fingerprint density at radius 3 is 2.34 bits per heavy atom. The number of carbonyl (C=O) groups is 1. The van der Waals surface area contributed by atoms with Crippen LogP contribution in [0.25, 0.3) is 10.9 Å². The monoisotopic (exact) mass is 379 g/mol. The number of aromatic carboxylic acids is 1. The summed E-state index contributed by atoms with van der Waals surface area (Å²) in [7, 11) is 0. The van der Waals surface area contributed by atoms with Gasteiger partial charge < -0.3 is 9.84 Å². The van der Waals surface area contributed by atoms with Crippen molar-refractivity contribution < 1.29 is 14.6 Å². The van der Waals surface area contributed by atoms with Crippen molar-refractivity contribution in [3.63, 3.8) is 0 Å². The number of carboxylic acid groups (broad SMARTS) is 1. The molecule has 0 saturated carbocycles. The molecule has 0 aliphatic heterocycles. The second-order valence-corrected chi connectivity index (χ2v) is 6.40. The van der Waals surface area contributed by atoms with Gasteiger partial charge in [-0.3, -0.25) is 0 Å². The quantitative estimate of drug-likeness (QED) is 0.512. The van der Waals surface area contributed by atoms with Crippen LogP contribution in [0.5, 0.6) is 5.75 Å². The van der Waals surface area contributed by atoms with Gasteiger partial charge in [-0.2, -0.15) is 0 Å². The number of pyridine rings is 1. The van der Waals surface area contributed by atoms with Crippen molar-refractivity contribution in [3.8, 4) is 17.6 Å². The Morgan fingerprint density at radius 1 is 0.897 bits per heavy atom. The van der Waals surface area contributed by atoms with E-state index in [1.54, 1.807) is 0 Å². The smallest absolute Gasteiger partial charge is 0.354 e. The molecule has 0 radical (unpaired) electrons. The van der Waals surface area contributed by atoms with Crippen molar-refractivity contribution >= 4 is 16.9 Å². The predicted molar refractivity (Wildman–Crippen MR) is 112 cm³/mol. The number of hydrogen-bond acceptors (Lipinski definition) is 3. The average Bonchev–Trinajstić information content (AvgIpc) is 2.77. The van der Waals surface area contributed by atoms with Crippen LogP contribution in [0.15, 0.2) is 84.9 Å². The van der Waals surface area contributed by atoms with E-state index in [1.165, 1.54) is 6.07 Å². The summed E-state index contributed by atoms with van der Waals surface area (Å²) in [5.74, 6) is 5.57. The number of rotatable bonds is 4. The maximum absolute atomic E-state index is 11.6. The Morgan fingerprint density at radius 2 is 1.62 bits per heavy atom. The van der Waals surface area contributed by atoms with E-state index in [1.807, 2.05) is 78.9 Å². The van der Waals surface area contributed by atoms with E-state index in [9.17, 15) is 9.90 Å². The van der Waals surface area contributed by atoms with Gasteiger partial charge in [0.15, 0.2) is 5.69 Å². The Labute approximate surface area is 168 Å². The number of nitrogens with zero attached hydrogens (tertiary/aromatic N) is 1. The van der Waals surface area contributed by atoms with Gasteiger partial charge in [0.05, 0.1) is 11.1 Å². The molecule has 0 atom stereocenters. The Kier molecular flexibility index (Phi) is 5.22. The maximum Gasteiger partial charge on any atom is 0.354 e. The van der Waals surface area contributed by atoms with Crippen LogP contribution in [-0.4, -0.2) is 16.1 Å². The molecule has 0 spiro atoms. The second-order valence-electron chi connectivity index (χ2n) is 6.40. The molecule has 0 fully saturated rings. The maximum atomic E-state index is 11.6. The zero-order valence-corrected chi connectivity index (χ0v) is 15.5. The zero-order valence-electron chi connectivity index (χ0n) is 15.5. The van der Waals surface area contributed by atoms with E-state index >= 15 is 0 Å². The number of carboxylic acids is 1. The first-order chi connectivity index (χ1) is 14.2. The second kappa shape index (κ2) is 8.28. The highest BCUT2D eigenvalue weighted by Gasteiger charge is 2.14. The normalized spacial score (nSPS) is 10.2. The minimum absolute atomic E-state index is 0.0745. The summed E-state index contributed by atoms with van der Waals surface area (Å²) in [6.45, 7) is 0.332. The summed E-state index contributed by atoms with van der Waals surface area (Å²) in [5.41, 5.74) is 2.96. The number of hydrogen-bond donors (Lipinski definition) is 1. The first-order valence-electron chi connectivity index (χ1n) is 9.11. The van der Waals surface area contributed by atoms with Crippen LogP contribution >= 0.6 is 0 Å². The molecular formula is C25H17NO3. The molecule has 0 unspecified atom stereocenters. The Balaban J connectivity index is 1.78. The fourth-order valence-corrected chi connectivity index (χ4v) is 2.94. The molecule has 1 aromatic heterocycles. The molecule has 1 heterocycles. The molecule has 0 bridgehead atoms. The molecule has 29 heavy (non-hydrogen) atoms. The van der Waals surface area contributed by atoms with E-state index in [-0.39, 0.29) is 5.69 Å². The highest BCUT2D eigenvalue weighted by atomic mass is 16.5. The lowest BCUT2D eigenvalue weighted by molar-refractivity contribution is 0.0690. The van der Waals surface area contributed by atoms with Gasteiger partial charge >= 0.3 is 5.97 Å². The van der Waals surface area contributed by atoms with E-state index in [0.29, 0.717) is 23.4 Å². The van der Waals surface area contributed by atoms with Gasteiger partial charge in [-0.1, -0.05) is 66.4 Å². The van der Waals surface area contributed by atoms with Crippen LogP contribution in [-0.2, 0) is 6.61 Å². The third-order valence-corrected chi connectivity index (χ3v) is 4.37. The number of para-hydroxylation sites is 1. The summed E-state index contributed by atoms with van der Waals surface area (Å²) in [5, 5.41) is 10.2. The molecule has 4 aromatic rings. The molecule has 1 N–H and O–H groups in total.